The first-order valence-electron chi connectivity index (χ1n) is 10.7. The summed E-state index contributed by atoms with van der Waals surface area (Å²) in [6.07, 6.45) is -4.54. The number of fused-ring (bicyclic) bond motifs is 3. The lowest BCUT2D eigenvalue weighted by molar-refractivity contribution is -0.137. The van der Waals surface area contributed by atoms with Gasteiger partial charge in [0.2, 0.25) is 0 Å². The minimum absolute atomic E-state index is 0.0306. The molecule has 11 heteroatoms. The average molecular weight is 482 g/mol. The molecule has 0 aliphatic carbocycles. The van der Waals surface area contributed by atoms with Crippen LogP contribution in [-0.2, 0) is 12.7 Å². The summed E-state index contributed by atoms with van der Waals surface area (Å²) in [6, 6.07) is 4.29. The van der Waals surface area contributed by atoms with Gasteiger partial charge in [0.05, 0.1) is 16.0 Å². The molecule has 1 saturated heterocycles. The van der Waals surface area contributed by atoms with Crippen molar-refractivity contribution in [3.8, 4) is 11.1 Å². The van der Waals surface area contributed by atoms with Crippen molar-refractivity contribution in [3.05, 3.63) is 46.1 Å². The predicted molar refractivity (Wildman–Crippen MR) is 116 cm³/mol. The van der Waals surface area contributed by atoms with Crippen LogP contribution in [0.4, 0.5) is 27.3 Å². The topological polar surface area (TPSA) is 50.2 Å². The van der Waals surface area contributed by atoms with Gasteiger partial charge >= 0.3 is 11.9 Å². The van der Waals surface area contributed by atoms with Crippen LogP contribution in [0.15, 0.2) is 38.9 Å². The Labute approximate surface area is 186 Å². The largest absolute Gasteiger partial charge is 0.417 e. The number of alkyl halides is 3. The van der Waals surface area contributed by atoms with Crippen LogP contribution in [0.2, 0.25) is 0 Å². The van der Waals surface area contributed by atoms with Gasteiger partial charge in [-0.1, -0.05) is 6.07 Å². The molecular formula is C22H19F5N4OS. The fourth-order valence-corrected chi connectivity index (χ4v) is 8.30. The maximum absolute atomic E-state index is 16.9. The van der Waals surface area contributed by atoms with Crippen LogP contribution in [0, 0.1) is 5.82 Å². The second kappa shape index (κ2) is 6.92. The number of halogens is 5. The molecule has 1 unspecified atom stereocenters. The van der Waals surface area contributed by atoms with E-state index in [-0.39, 0.29) is 56.4 Å². The van der Waals surface area contributed by atoms with Crippen LogP contribution in [0.25, 0.3) is 22.0 Å². The Morgan fingerprint density at radius 2 is 1.85 bits per heavy atom. The molecule has 174 valence electrons. The summed E-state index contributed by atoms with van der Waals surface area (Å²) in [7, 11) is -3.47. The Morgan fingerprint density at radius 1 is 1.09 bits per heavy atom. The number of aryl methyl sites for hydroxylation is 1. The first kappa shape index (κ1) is 20.9. The number of hydrogen-bond acceptors (Lipinski definition) is 4. The summed E-state index contributed by atoms with van der Waals surface area (Å²) in [5.41, 5.74) is -1.63. The monoisotopic (exact) mass is 482 g/mol. The lowest BCUT2D eigenvalue weighted by Gasteiger charge is -2.31. The van der Waals surface area contributed by atoms with Crippen LogP contribution < -0.4 is 15.9 Å². The van der Waals surface area contributed by atoms with Crippen molar-refractivity contribution < 1.29 is 21.4 Å². The molecule has 0 bridgehead atoms. The standard InChI is InChI=1S/C22H19F5N4OS/c23-12-2-3-13-16(10-12)33(27)9-1-6-31-18-14(11-15(22(24,25)26)17(13)19(18)33)20(29-21(31)32)30-7-4-28-5-8-30/h2-3,10-11,28H,1,4-9H2. The second-order valence-electron chi connectivity index (χ2n) is 8.48. The van der Waals surface area contributed by atoms with E-state index in [0.717, 1.165) is 18.2 Å². The lowest BCUT2D eigenvalue weighted by atomic mass is 9.96. The van der Waals surface area contributed by atoms with E-state index < -0.39 is 33.7 Å². The Balaban J connectivity index is 1.81. The van der Waals surface area contributed by atoms with E-state index in [0.29, 0.717) is 26.2 Å². The molecule has 33 heavy (non-hydrogen) atoms. The number of hydrogen-bond donors (Lipinski definition) is 1. The van der Waals surface area contributed by atoms with Crippen LogP contribution >= 0.6 is 10.4 Å². The molecule has 0 spiro atoms. The van der Waals surface area contributed by atoms with E-state index in [2.05, 4.69) is 10.3 Å². The normalized spacial score (nSPS) is 23.8. The number of rotatable bonds is 1. The van der Waals surface area contributed by atoms with Crippen molar-refractivity contribution in [2.45, 2.75) is 28.9 Å². The number of benzene rings is 2. The molecule has 1 atom stereocenters. The van der Waals surface area contributed by atoms with Gasteiger partial charge in [-0.3, -0.25) is 4.57 Å². The van der Waals surface area contributed by atoms with Crippen molar-refractivity contribution in [3.63, 3.8) is 0 Å². The molecule has 6 rings (SSSR count). The Morgan fingerprint density at radius 3 is 2.58 bits per heavy atom. The summed E-state index contributed by atoms with van der Waals surface area (Å²) in [4.78, 5) is 18.8. The van der Waals surface area contributed by atoms with E-state index in [4.69, 9.17) is 0 Å². The molecule has 4 heterocycles. The van der Waals surface area contributed by atoms with Crippen molar-refractivity contribution in [1.29, 1.82) is 0 Å². The van der Waals surface area contributed by atoms with Crippen LogP contribution in [0.1, 0.15) is 12.0 Å². The first-order chi connectivity index (χ1) is 15.7. The molecule has 1 fully saturated rings. The molecule has 3 aromatic rings. The Bertz CT molecular complexity index is 1380. The van der Waals surface area contributed by atoms with Crippen LogP contribution in [-0.4, -0.2) is 41.5 Å². The van der Waals surface area contributed by atoms with Gasteiger partial charge in [-0.05, 0) is 40.6 Å². The van der Waals surface area contributed by atoms with Crippen LogP contribution in [0.5, 0.6) is 0 Å². The van der Waals surface area contributed by atoms with Gasteiger partial charge in [0.15, 0.2) is 0 Å². The summed E-state index contributed by atoms with van der Waals surface area (Å²) >= 11 is 0. The van der Waals surface area contributed by atoms with E-state index in [1.807, 2.05) is 0 Å². The van der Waals surface area contributed by atoms with Gasteiger partial charge in [-0.15, -0.1) is 0 Å². The molecule has 0 amide bonds. The highest BCUT2D eigenvalue weighted by Gasteiger charge is 2.48. The lowest BCUT2D eigenvalue weighted by Crippen LogP contribution is -2.44. The highest BCUT2D eigenvalue weighted by Crippen LogP contribution is 2.76. The highest BCUT2D eigenvalue weighted by molar-refractivity contribution is 8.30. The summed E-state index contributed by atoms with van der Waals surface area (Å²) in [5, 5.41) is 3.28. The molecule has 3 aliphatic heterocycles. The number of piperazine rings is 1. The smallest absolute Gasteiger partial charge is 0.353 e. The van der Waals surface area contributed by atoms with Gasteiger partial charge < -0.3 is 10.2 Å². The maximum atomic E-state index is 16.9. The molecule has 2 aromatic carbocycles. The summed E-state index contributed by atoms with van der Waals surface area (Å²) in [5.74, 6) is -0.627. The van der Waals surface area contributed by atoms with Crippen molar-refractivity contribution in [1.82, 2.24) is 14.9 Å². The molecule has 3 aliphatic rings. The maximum Gasteiger partial charge on any atom is 0.417 e. The van der Waals surface area contributed by atoms with E-state index >= 15 is 3.89 Å². The average Bonchev–Trinajstić information content (AvgIpc) is 2.91. The third-order valence-corrected chi connectivity index (χ3v) is 9.54. The van der Waals surface area contributed by atoms with Gasteiger partial charge in [-0.2, -0.15) is 22.0 Å². The van der Waals surface area contributed by atoms with E-state index in [9.17, 15) is 22.4 Å². The fourth-order valence-electron chi connectivity index (χ4n) is 5.24. The number of aromatic nitrogens is 2. The molecular weight excluding hydrogens is 463 g/mol. The summed E-state index contributed by atoms with van der Waals surface area (Å²) < 4.78 is 75.5. The SMILES string of the molecule is O=c1nc(N2CCNCC2)c2cc(C(F)(F)F)c3c4c2n1CCCS4(F)c1cc(F)ccc1-3. The van der Waals surface area contributed by atoms with Crippen molar-refractivity contribution in [2.75, 3.05) is 36.8 Å². The second-order valence-corrected chi connectivity index (χ2v) is 11.0. The molecule has 1 N–H and O–H groups in total. The van der Waals surface area contributed by atoms with Crippen molar-refractivity contribution in [2.24, 2.45) is 0 Å². The summed E-state index contributed by atoms with van der Waals surface area (Å²) in [6.45, 7) is 2.25. The van der Waals surface area contributed by atoms with Gasteiger partial charge in [-0.25, -0.2) is 9.18 Å². The third kappa shape index (κ3) is 2.87. The first-order valence-corrected chi connectivity index (χ1v) is 12.4. The van der Waals surface area contributed by atoms with E-state index in [1.54, 1.807) is 4.90 Å². The number of nitrogens with one attached hydrogen (secondary N) is 1. The molecule has 5 nitrogen and oxygen atoms in total. The number of anilines is 1. The molecule has 0 radical (unpaired) electrons. The Kier molecular flexibility index (Phi) is 4.39. The quantitative estimate of drug-likeness (QED) is 0.521. The van der Waals surface area contributed by atoms with Crippen molar-refractivity contribution >= 4 is 27.1 Å². The zero-order valence-electron chi connectivity index (χ0n) is 17.3. The minimum Gasteiger partial charge on any atom is -0.353 e. The third-order valence-electron chi connectivity index (χ3n) is 6.61. The zero-order chi connectivity index (χ0) is 23.1. The van der Waals surface area contributed by atoms with Crippen LogP contribution in [0.3, 0.4) is 0 Å². The highest BCUT2D eigenvalue weighted by atomic mass is 32.3. The molecule has 0 saturated carbocycles. The predicted octanol–water partition coefficient (Wildman–Crippen LogP) is 4.46. The van der Waals surface area contributed by atoms with Gasteiger partial charge in [0.25, 0.3) is 0 Å². The van der Waals surface area contributed by atoms with E-state index in [1.165, 1.54) is 10.6 Å². The Hall–Kier alpha value is -2.66. The fraction of sp³-hybridized carbons (Fsp3) is 0.364. The minimum atomic E-state index is -4.77. The zero-order valence-corrected chi connectivity index (χ0v) is 18.1. The molecule has 1 aromatic heterocycles. The van der Waals surface area contributed by atoms with Gasteiger partial charge in [0, 0.05) is 54.3 Å². The van der Waals surface area contributed by atoms with Gasteiger partial charge in [0.1, 0.15) is 11.6 Å². The number of nitrogens with zero attached hydrogens (tertiary/aromatic N) is 3.